The van der Waals surface area contributed by atoms with Gasteiger partial charge in [-0.2, -0.15) is 4.31 Å². The minimum Gasteiger partial charge on any atom is -0.331 e. The summed E-state index contributed by atoms with van der Waals surface area (Å²) < 4.78 is 29.4. The second-order valence-corrected chi connectivity index (χ2v) is 9.91. The maximum atomic E-state index is 13.0. The van der Waals surface area contributed by atoms with Gasteiger partial charge in [0.05, 0.1) is 15.9 Å². The molecule has 0 bridgehead atoms. The smallest absolute Gasteiger partial charge is 0.243 e. The topological polar surface area (TPSA) is 84.3 Å². The highest BCUT2D eigenvalue weighted by Crippen LogP contribution is 2.25. The molecule has 1 aliphatic rings. The normalized spacial score (nSPS) is 14.9. The lowest BCUT2D eigenvalue weighted by Gasteiger charge is -2.25. The van der Waals surface area contributed by atoms with Crippen molar-refractivity contribution in [2.24, 2.45) is 7.05 Å². The Labute approximate surface area is 188 Å². The van der Waals surface area contributed by atoms with Gasteiger partial charge in [-0.05, 0) is 49.2 Å². The summed E-state index contributed by atoms with van der Waals surface area (Å²) in [5, 5.41) is 2.85. The van der Waals surface area contributed by atoms with Gasteiger partial charge in [0.25, 0.3) is 0 Å². The zero-order valence-corrected chi connectivity index (χ0v) is 18.9. The molecule has 2 aromatic carbocycles. The first-order valence-electron chi connectivity index (χ1n) is 10.7. The molecule has 3 aromatic rings. The second kappa shape index (κ2) is 9.15. The van der Waals surface area contributed by atoms with Crippen LogP contribution in [0.2, 0.25) is 0 Å². The fourth-order valence-electron chi connectivity index (χ4n) is 4.00. The van der Waals surface area contributed by atoms with E-state index in [1.54, 1.807) is 46.8 Å². The number of terminal acetylenes is 1. The lowest BCUT2D eigenvalue weighted by Crippen LogP contribution is -2.35. The quantitative estimate of drug-likeness (QED) is 0.584. The summed E-state index contributed by atoms with van der Waals surface area (Å²) in [4.78, 5) is 17.3. The Kier molecular flexibility index (Phi) is 6.31. The number of sulfonamides is 1. The monoisotopic (exact) mass is 450 g/mol. The van der Waals surface area contributed by atoms with Crippen LogP contribution >= 0.6 is 0 Å². The average molecular weight is 451 g/mol. The highest BCUT2D eigenvalue weighted by molar-refractivity contribution is 7.89. The van der Waals surface area contributed by atoms with Gasteiger partial charge in [-0.3, -0.25) is 4.79 Å². The number of carbonyl (C=O) groups is 1. The van der Waals surface area contributed by atoms with Gasteiger partial charge in [0, 0.05) is 44.2 Å². The van der Waals surface area contributed by atoms with Crippen LogP contribution in [0.4, 0.5) is 5.69 Å². The molecule has 166 valence electrons. The van der Waals surface area contributed by atoms with Gasteiger partial charge >= 0.3 is 0 Å². The lowest BCUT2D eigenvalue weighted by atomic mass is 10.2. The maximum Gasteiger partial charge on any atom is 0.243 e. The number of fused-ring (bicyclic) bond motifs is 1. The number of nitrogens with zero attached hydrogens (tertiary/aromatic N) is 3. The molecule has 8 heteroatoms. The number of piperidine rings is 1. The van der Waals surface area contributed by atoms with E-state index in [-0.39, 0.29) is 17.2 Å². The summed E-state index contributed by atoms with van der Waals surface area (Å²) in [6.45, 7) is 1.13. The molecule has 0 radical (unpaired) electrons. The molecule has 1 amide bonds. The van der Waals surface area contributed by atoms with E-state index in [1.165, 1.54) is 0 Å². The molecule has 4 rings (SSSR count). The maximum absolute atomic E-state index is 13.0. The van der Waals surface area contributed by atoms with E-state index in [2.05, 4.69) is 16.2 Å². The van der Waals surface area contributed by atoms with Crippen molar-refractivity contribution in [2.45, 2.75) is 37.0 Å². The molecule has 1 aromatic heterocycles. The van der Waals surface area contributed by atoms with Crippen molar-refractivity contribution in [3.8, 4) is 12.3 Å². The predicted octanol–water partition coefficient (Wildman–Crippen LogP) is 3.30. The van der Waals surface area contributed by atoms with Crippen LogP contribution in [0, 0.1) is 12.3 Å². The predicted molar refractivity (Wildman–Crippen MR) is 125 cm³/mol. The van der Waals surface area contributed by atoms with Crippen LogP contribution in [0.15, 0.2) is 47.4 Å². The average Bonchev–Trinajstić information content (AvgIpc) is 3.13. The molecule has 7 nitrogen and oxygen atoms in total. The van der Waals surface area contributed by atoms with E-state index >= 15 is 0 Å². The van der Waals surface area contributed by atoms with Crippen molar-refractivity contribution < 1.29 is 13.2 Å². The number of amides is 1. The number of carbonyl (C=O) groups excluding carboxylic acids is 1. The third kappa shape index (κ3) is 4.54. The zero-order valence-electron chi connectivity index (χ0n) is 18.0. The summed E-state index contributed by atoms with van der Waals surface area (Å²) in [5.74, 6) is 3.13. The molecule has 1 fully saturated rings. The Morgan fingerprint density at radius 1 is 1.16 bits per heavy atom. The molecule has 0 saturated carbocycles. The van der Waals surface area contributed by atoms with Crippen LogP contribution in [-0.2, 0) is 28.3 Å². The first-order valence-corrected chi connectivity index (χ1v) is 12.1. The van der Waals surface area contributed by atoms with Gasteiger partial charge in [0.1, 0.15) is 5.82 Å². The van der Waals surface area contributed by atoms with Crippen LogP contribution in [0.25, 0.3) is 11.0 Å². The Balaban J connectivity index is 1.48. The number of hydrogen-bond acceptors (Lipinski definition) is 4. The summed E-state index contributed by atoms with van der Waals surface area (Å²) in [6.07, 6.45) is 8.93. The van der Waals surface area contributed by atoms with Crippen LogP contribution in [0.5, 0.6) is 0 Å². The van der Waals surface area contributed by atoms with E-state index in [9.17, 15) is 13.2 Å². The van der Waals surface area contributed by atoms with Crippen molar-refractivity contribution in [1.82, 2.24) is 13.9 Å². The first kappa shape index (κ1) is 22.1. The van der Waals surface area contributed by atoms with E-state index in [4.69, 9.17) is 6.42 Å². The number of aryl methyl sites for hydroxylation is 2. The van der Waals surface area contributed by atoms with Crippen LogP contribution in [0.3, 0.4) is 0 Å². The van der Waals surface area contributed by atoms with Gasteiger partial charge in [0.15, 0.2) is 0 Å². The number of imidazole rings is 1. The number of hydrogen-bond donors (Lipinski definition) is 1. The Bertz CT molecular complexity index is 1300. The van der Waals surface area contributed by atoms with Crippen molar-refractivity contribution in [1.29, 1.82) is 0 Å². The lowest BCUT2D eigenvalue weighted by molar-refractivity contribution is -0.116. The number of nitrogens with one attached hydrogen (secondary N) is 1. The largest absolute Gasteiger partial charge is 0.331 e. The molecule has 2 heterocycles. The highest BCUT2D eigenvalue weighted by Gasteiger charge is 2.26. The van der Waals surface area contributed by atoms with E-state index in [0.29, 0.717) is 36.3 Å². The highest BCUT2D eigenvalue weighted by atomic mass is 32.2. The minimum absolute atomic E-state index is 0.139. The molecule has 32 heavy (non-hydrogen) atoms. The van der Waals surface area contributed by atoms with Crippen LogP contribution in [-0.4, -0.2) is 41.3 Å². The summed E-state index contributed by atoms with van der Waals surface area (Å²) in [7, 11) is -1.64. The third-order valence-electron chi connectivity index (χ3n) is 5.79. The van der Waals surface area contributed by atoms with Gasteiger partial charge in [-0.1, -0.05) is 18.4 Å². The summed E-state index contributed by atoms with van der Waals surface area (Å²) in [5.41, 5.74) is 2.80. The third-order valence-corrected chi connectivity index (χ3v) is 7.68. The Morgan fingerprint density at radius 2 is 1.94 bits per heavy atom. The van der Waals surface area contributed by atoms with Crippen LogP contribution < -0.4 is 5.32 Å². The van der Waals surface area contributed by atoms with Gasteiger partial charge in [-0.15, -0.1) is 6.42 Å². The molecule has 0 aliphatic carbocycles. The SMILES string of the molecule is C#Cc1cccc(NC(=O)CCc2nc3cc(S(=O)(=O)N4CCCCC4)ccc3n2C)c1. The van der Waals surface area contributed by atoms with E-state index in [0.717, 1.165) is 30.6 Å². The van der Waals surface area contributed by atoms with Crippen LogP contribution in [0.1, 0.15) is 37.1 Å². The van der Waals surface area contributed by atoms with Gasteiger partial charge in [0.2, 0.25) is 15.9 Å². The molecule has 0 unspecified atom stereocenters. The van der Waals surface area contributed by atoms with Crippen molar-refractivity contribution in [3.63, 3.8) is 0 Å². The molecule has 0 atom stereocenters. The number of rotatable bonds is 6. The number of aromatic nitrogens is 2. The molecular weight excluding hydrogens is 424 g/mol. The Hall–Kier alpha value is -3.15. The van der Waals surface area contributed by atoms with E-state index < -0.39 is 10.0 Å². The number of anilines is 1. The molecular formula is C24H26N4O3S. The minimum atomic E-state index is -3.52. The summed E-state index contributed by atoms with van der Waals surface area (Å²) >= 11 is 0. The van der Waals surface area contributed by atoms with Gasteiger partial charge in [-0.25, -0.2) is 13.4 Å². The molecule has 0 spiro atoms. The zero-order chi connectivity index (χ0) is 22.7. The van der Waals surface area contributed by atoms with Crippen molar-refractivity contribution >= 4 is 32.7 Å². The summed E-state index contributed by atoms with van der Waals surface area (Å²) in [6, 6.07) is 12.2. The molecule has 1 aliphatic heterocycles. The first-order chi connectivity index (χ1) is 15.4. The number of benzene rings is 2. The van der Waals surface area contributed by atoms with Crippen molar-refractivity contribution in [3.05, 3.63) is 53.9 Å². The fraction of sp³-hybridized carbons (Fsp3) is 0.333. The van der Waals surface area contributed by atoms with E-state index in [1.807, 2.05) is 11.6 Å². The molecule has 1 saturated heterocycles. The second-order valence-electron chi connectivity index (χ2n) is 7.98. The van der Waals surface area contributed by atoms with Crippen molar-refractivity contribution in [2.75, 3.05) is 18.4 Å². The fourth-order valence-corrected chi connectivity index (χ4v) is 5.54. The molecule has 1 N–H and O–H groups in total. The van der Waals surface area contributed by atoms with Gasteiger partial charge < -0.3 is 9.88 Å². The Morgan fingerprint density at radius 3 is 2.69 bits per heavy atom. The standard InChI is InChI=1S/C24H26N4O3S/c1-3-18-8-7-9-19(16-18)25-24(29)13-12-23-26-21-17-20(10-11-22(21)27(23)2)32(30,31)28-14-5-4-6-15-28/h1,7-11,16-17H,4-6,12-15H2,2H3,(H,25,29).